The summed E-state index contributed by atoms with van der Waals surface area (Å²) in [5, 5.41) is 5.77. The number of nitrogens with zero attached hydrogens (tertiary/aromatic N) is 2. The van der Waals surface area contributed by atoms with Crippen LogP contribution in [0, 0.1) is 0 Å². The van der Waals surface area contributed by atoms with Gasteiger partial charge in [0, 0.05) is 30.5 Å². The second-order valence-corrected chi connectivity index (χ2v) is 7.25. The van der Waals surface area contributed by atoms with Crippen LogP contribution in [0.25, 0.3) is 0 Å². The van der Waals surface area contributed by atoms with Gasteiger partial charge < -0.3 is 19.9 Å². The number of aromatic nitrogens is 1. The summed E-state index contributed by atoms with van der Waals surface area (Å²) in [5.41, 5.74) is 1.47. The minimum atomic E-state index is -0.757. The fourth-order valence-corrected chi connectivity index (χ4v) is 3.69. The van der Waals surface area contributed by atoms with Crippen molar-refractivity contribution in [3.8, 4) is 5.75 Å². The van der Waals surface area contributed by atoms with Gasteiger partial charge in [0.25, 0.3) is 0 Å². The lowest BCUT2D eigenvalue weighted by Crippen LogP contribution is -2.41. The van der Waals surface area contributed by atoms with Crippen molar-refractivity contribution in [1.29, 1.82) is 0 Å². The van der Waals surface area contributed by atoms with Crippen LogP contribution in [0.4, 0.5) is 5.69 Å². The molecule has 28 heavy (non-hydrogen) atoms. The van der Waals surface area contributed by atoms with Crippen LogP contribution in [-0.4, -0.2) is 48.0 Å². The summed E-state index contributed by atoms with van der Waals surface area (Å²) in [7, 11) is 3.47. The number of hydrogen-bond donors (Lipinski definition) is 2. The van der Waals surface area contributed by atoms with Gasteiger partial charge in [0.15, 0.2) is 0 Å². The molecule has 0 unspecified atom stereocenters. The number of anilines is 1. The molecule has 2 N–H and O–H groups in total. The molecule has 1 saturated heterocycles. The molecule has 0 saturated carbocycles. The van der Waals surface area contributed by atoms with E-state index in [1.807, 2.05) is 29.9 Å². The predicted octanol–water partition coefficient (Wildman–Crippen LogP) is 2.58. The third-order valence-electron chi connectivity index (χ3n) is 4.98. The van der Waals surface area contributed by atoms with Gasteiger partial charge in [0.05, 0.1) is 18.8 Å². The lowest BCUT2D eigenvalue weighted by Gasteiger charge is -2.28. The molecule has 2 aromatic rings. The van der Waals surface area contributed by atoms with Gasteiger partial charge in [-0.15, -0.1) is 0 Å². The van der Waals surface area contributed by atoms with Gasteiger partial charge in [-0.2, -0.15) is 0 Å². The van der Waals surface area contributed by atoms with Crippen molar-refractivity contribution in [3.05, 3.63) is 47.2 Å². The van der Waals surface area contributed by atoms with Gasteiger partial charge in [-0.25, -0.2) is 0 Å². The zero-order valence-electron chi connectivity index (χ0n) is 16.1. The Morgan fingerprint density at radius 1 is 1.21 bits per heavy atom. The zero-order chi connectivity index (χ0) is 20.1. The number of ether oxygens (including phenoxy) is 1. The minimum absolute atomic E-state index is 0.0277. The zero-order valence-corrected chi connectivity index (χ0v) is 16.8. The molecule has 0 radical (unpaired) electrons. The predicted molar refractivity (Wildman–Crippen MR) is 109 cm³/mol. The quantitative estimate of drug-likeness (QED) is 0.725. The summed E-state index contributed by atoms with van der Waals surface area (Å²) >= 11 is 5.97. The van der Waals surface area contributed by atoms with Gasteiger partial charge in [-0.3, -0.25) is 14.5 Å². The number of carbonyl (C=O) groups is 2. The smallest absolute Gasteiger partial charge is 0.313 e. The summed E-state index contributed by atoms with van der Waals surface area (Å²) in [6.07, 6.45) is 4.27. The first kappa shape index (κ1) is 20.2. The number of hydrogen-bond acceptors (Lipinski definition) is 4. The van der Waals surface area contributed by atoms with Crippen molar-refractivity contribution >= 4 is 29.1 Å². The summed E-state index contributed by atoms with van der Waals surface area (Å²) < 4.78 is 7.24. The number of nitrogens with one attached hydrogen (secondary N) is 2. The van der Waals surface area contributed by atoms with Crippen LogP contribution in [0.15, 0.2) is 36.5 Å². The topological polar surface area (TPSA) is 75.6 Å². The van der Waals surface area contributed by atoms with E-state index in [-0.39, 0.29) is 6.04 Å². The molecule has 1 aromatic carbocycles. The lowest BCUT2D eigenvalue weighted by atomic mass is 10.1. The first-order chi connectivity index (χ1) is 13.5. The molecule has 2 heterocycles. The standard InChI is InChI=1S/C20H25ClN4O3/c1-24-9-5-6-16(24)17(25-10-3-4-11-25)13-22-19(26)20(27)23-15-12-14(21)7-8-18(15)28-2/h5-9,12,17H,3-4,10-11,13H2,1-2H3,(H,22,26)(H,23,27)/t17-/m1/s1. The van der Waals surface area contributed by atoms with Crippen LogP contribution in [0.3, 0.4) is 0 Å². The van der Waals surface area contributed by atoms with E-state index in [0.29, 0.717) is 23.0 Å². The molecule has 1 atom stereocenters. The van der Waals surface area contributed by atoms with Crippen molar-refractivity contribution in [2.45, 2.75) is 18.9 Å². The largest absolute Gasteiger partial charge is 0.495 e. The molecule has 2 amide bonds. The van der Waals surface area contributed by atoms with E-state index in [9.17, 15) is 9.59 Å². The molecule has 0 spiro atoms. The van der Waals surface area contributed by atoms with Crippen LogP contribution < -0.4 is 15.4 Å². The van der Waals surface area contributed by atoms with E-state index in [1.54, 1.807) is 18.2 Å². The van der Waals surface area contributed by atoms with Crippen molar-refractivity contribution < 1.29 is 14.3 Å². The normalized spacial score (nSPS) is 15.2. The maximum absolute atomic E-state index is 12.4. The van der Waals surface area contributed by atoms with Crippen LogP contribution in [0.2, 0.25) is 5.02 Å². The minimum Gasteiger partial charge on any atom is -0.495 e. The Labute approximate surface area is 169 Å². The average molecular weight is 405 g/mol. The number of aryl methyl sites for hydroxylation is 1. The number of amides is 2. The first-order valence-corrected chi connectivity index (χ1v) is 9.65. The Bertz CT molecular complexity index is 846. The fraction of sp³-hybridized carbons (Fsp3) is 0.400. The van der Waals surface area contributed by atoms with E-state index in [2.05, 4.69) is 15.5 Å². The first-order valence-electron chi connectivity index (χ1n) is 9.27. The third-order valence-corrected chi connectivity index (χ3v) is 5.21. The number of halogens is 1. The summed E-state index contributed by atoms with van der Waals surface area (Å²) in [5.74, 6) is -1.02. The highest BCUT2D eigenvalue weighted by Gasteiger charge is 2.26. The van der Waals surface area contributed by atoms with Gasteiger partial charge in [0.1, 0.15) is 5.75 Å². The van der Waals surface area contributed by atoms with E-state index < -0.39 is 11.8 Å². The van der Waals surface area contributed by atoms with Gasteiger partial charge in [-0.1, -0.05) is 11.6 Å². The Balaban J connectivity index is 1.65. The van der Waals surface area contributed by atoms with E-state index >= 15 is 0 Å². The van der Waals surface area contributed by atoms with Crippen LogP contribution in [-0.2, 0) is 16.6 Å². The van der Waals surface area contributed by atoms with Crippen LogP contribution in [0.5, 0.6) is 5.75 Å². The van der Waals surface area contributed by atoms with Crippen molar-refractivity contribution in [3.63, 3.8) is 0 Å². The highest BCUT2D eigenvalue weighted by molar-refractivity contribution is 6.40. The molecular weight excluding hydrogens is 380 g/mol. The Kier molecular flexibility index (Phi) is 6.59. The monoisotopic (exact) mass is 404 g/mol. The van der Waals surface area contributed by atoms with Crippen molar-refractivity contribution in [2.75, 3.05) is 32.1 Å². The summed E-state index contributed by atoms with van der Waals surface area (Å²) in [6, 6.07) is 8.89. The Morgan fingerprint density at radius 3 is 2.61 bits per heavy atom. The highest BCUT2D eigenvalue weighted by Crippen LogP contribution is 2.28. The number of likely N-dealkylation sites (tertiary alicyclic amines) is 1. The molecule has 3 rings (SSSR count). The third kappa shape index (κ3) is 4.66. The number of carbonyl (C=O) groups excluding carboxylic acids is 2. The number of rotatable bonds is 6. The van der Waals surface area contributed by atoms with E-state index in [0.717, 1.165) is 31.6 Å². The van der Waals surface area contributed by atoms with E-state index in [1.165, 1.54) is 7.11 Å². The molecule has 1 fully saturated rings. The molecule has 7 nitrogen and oxygen atoms in total. The van der Waals surface area contributed by atoms with Gasteiger partial charge in [0.2, 0.25) is 0 Å². The number of methoxy groups -OCH3 is 1. The van der Waals surface area contributed by atoms with Crippen molar-refractivity contribution in [1.82, 2.24) is 14.8 Å². The Hall–Kier alpha value is -2.51. The molecule has 8 heteroatoms. The molecule has 1 aliphatic rings. The molecule has 0 bridgehead atoms. The van der Waals surface area contributed by atoms with E-state index in [4.69, 9.17) is 16.3 Å². The average Bonchev–Trinajstić information content (AvgIpc) is 3.35. The fourth-order valence-electron chi connectivity index (χ4n) is 3.52. The maximum Gasteiger partial charge on any atom is 0.313 e. The summed E-state index contributed by atoms with van der Waals surface area (Å²) in [6.45, 7) is 2.33. The van der Waals surface area contributed by atoms with Gasteiger partial charge in [-0.05, 0) is 56.3 Å². The second kappa shape index (κ2) is 9.12. The molecule has 0 aliphatic carbocycles. The molecular formula is C20H25ClN4O3. The Morgan fingerprint density at radius 2 is 1.96 bits per heavy atom. The SMILES string of the molecule is COc1ccc(Cl)cc1NC(=O)C(=O)NC[C@H](c1cccn1C)N1CCCC1. The van der Waals surface area contributed by atoms with Gasteiger partial charge >= 0.3 is 11.8 Å². The molecule has 1 aromatic heterocycles. The summed E-state index contributed by atoms with van der Waals surface area (Å²) in [4.78, 5) is 27.1. The van der Waals surface area contributed by atoms with Crippen LogP contribution in [0.1, 0.15) is 24.6 Å². The maximum atomic E-state index is 12.4. The van der Waals surface area contributed by atoms with Crippen LogP contribution >= 0.6 is 11.6 Å². The number of benzene rings is 1. The molecule has 150 valence electrons. The highest BCUT2D eigenvalue weighted by atomic mass is 35.5. The molecule has 1 aliphatic heterocycles. The lowest BCUT2D eigenvalue weighted by molar-refractivity contribution is -0.136. The second-order valence-electron chi connectivity index (χ2n) is 6.81. The van der Waals surface area contributed by atoms with Crippen molar-refractivity contribution in [2.24, 2.45) is 7.05 Å².